The van der Waals surface area contributed by atoms with Crippen LogP contribution >= 0.6 is 23.5 Å². The molecule has 0 radical (unpaired) electrons. The topological polar surface area (TPSA) is 83.0 Å². The second kappa shape index (κ2) is 10.6. The van der Waals surface area contributed by atoms with Crippen LogP contribution in [0.15, 0.2) is 53.7 Å². The summed E-state index contributed by atoms with van der Waals surface area (Å²) in [6.07, 6.45) is 3.57. The standard InChI is InChI=1S/C30H37ClN6OS/c1-18-14-23(22-12-10-20(31)16-32-22)33-25-8-7-9-26(35-25)39-36-28(38)21-11-13-24(29(2,3)4)34-27(21)37-17-19(18)15-30(37,5)6/h7-13,16,18-19,23H,14-15,17H2,1-6H3,(H,33,35)(H,36,38)/t18-,19-,23?/m0/s1. The normalized spacial score (nSPS) is 23.2. The van der Waals surface area contributed by atoms with Crippen molar-refractivity contribution in [1.29, 1.82) is 0 Å². The second-order valence-electron chi connectivity index (χ2n) is 12.4. The fraction of sp³-hybridized carbons (Fsp3) is 0.467. The molecule has 3 atom stereocenters. The van der Waals surface area contributed by atoms with Crippen LogP contribution in [0.5, 0.6) is 0 Å². The van der Waals surface area contributed by atoms with Gasteiger partial charge in [0, 0.05) is 41.3 Å². The average molecular weight is 565 g/mol. The lowest BCUT2D eigenvalue weighted by atomic mass is 9.83. The average Bonchev–Trinajstić information content (AvgIpc) is 3.21. The molecule has 0 saturated carbocycles. The Kier molecular flexibility index (Phi) is 7.55. The Balaban J connectivity index is 1.58. The van der Waals surface area contributed by atoms with E-state index in [4.69, 9.17) is 21.6 Å². The first-order chi connectivity index (χ1) is 18.4. The van der Waals surface area contributed by atoms with Gasteiger partial charge < -0.3 is 10.2 Å². The van der Waals surface area contributed by atoms with Gasteiger partial charge in [0.2, 0.25) is 0 Å². The van der Waals surface area contributed by atoms with Gasteiger partial charge in [0.1, 0.15) is 16.7 Å². The number of amides is 1. The number of carbonyl (C=O) groups excluding carboxylic acids is 1. The largest absolute Gasteiger partial charge is 0.362 e. The number of fused-ring (bicyclic) bond motifs is 6. The summed E-state index contributed by atoms with van der Waals surface area (Å²) in [6, 6.07) is 13.5. The first-order valence-electron chi connectivity index (χ1n) is 13.5. The molecule has 1 unspecified atom stereocenters. The highest BCUT2D eigenvalue weighted by molar-refractivity contribution is 7.97. The summed E-state index contributed by atoms with van der Waals surface area (Å²) in [4.78, 5) is 30.4. The van der Waals surface area contributed by atoms with Crippen LogP contribution in [0.3, 0.4) is 0 Å². The van der Waals surface area contributed by atoms with Gasteiger partial charge >= 0.3 is 0 Å². The maximum atomic E-state index is 13.6. The molecule has 39 heavy (non-hydrogen) atoms. The molecule has 4 bridgehead atoms. The van der Waals surface area contributed by atoms with Crippen LogP contribution in [-0.2, 0) is 5.41 Å². The molecule has 2 aliphatic rings. The quantitative estimate of drug-likeness (QED) is 0.306. The van der Waals surface area contributed by atoms with Crippen molar-refractivity contribution in [3.8, 4) is 0 Å². The fourth-order valence-corrected chi connectivity index (χ4v) is 6.31. The molecule has 0 aromatic carbocycles. The summed E-state index contributed by atoms with van der Waals surface area (Å²) in [6.45, 7) is 14.1. The van der Waals surface area contributed by atoms with Crippen LogP contribution in [0.1, 0.15) is 82.2 Å². The Morgan fingerprint density at radius 2 is 1.90 bits per heavy atom. The highest BCUT2D eigenvalue weighted by Crippen LogP contribution is 2.43. The van der Waals surface area contributed by atoms with E-state index in [-0.39, 0.29) is 22.9 Å². The molecule has 2 N–H and O–H groups in total. The number of pyridine rings is 3. The Morgan fingerprint density at radius 3 is 2.62 bits per heavy atom. The Labute approximate surface area is 240 Å². The minimum absolute atomic E-state index is 0.0418. The molecule has 0 spiro atoms. The maximum Gasteiger partial charge on any atom is 0.265 e. The molecule has 9 heteroatoms. The van der Waals surface area contributed by atoms with Crippen molar-refractivity contribution in [1.82, 2.24) is 19.7 Å². The highest BCUT2D eigenvalue weighted by atomic mass is 35.5. The summed E-state index contributed by atoms with van der Waals surface area (Å²) < 4.78 is 3.01. The van der Waals surface area contributed by atoms with E-state index in [1.165, 1.54) is 11.9 Å². The molecular weight excluding hydrogens is 528 g/mol. The van der Waals surface area contributed by atoms with Gasteiger partial charge in [-0.25, -0.2) is 9.97 Å². The smallest absolute Gasteiger partial charge is 0.265 e. The monoisotopic (exact) mass is 564 g/mol. The zero-order valence-electron chi connectivity index (χ0n) is 23.5. The molecule has 206 valence electrons. The summed E-state index contributed by atoms with van der Waals surface area (Å²) in [7, 11) is 0. The molecule has 1 fully saturated rings. The molecule has 0 aliphatic carbocycles. The lowest BCUT2D eigenvalue weighted by Crippen LogP contribution is -2.40. The predicted molar refractivity (Wildman–Crippen MR) is 159 cm³/mol. The second-order valence-corrected chi connectivity index (χ2v) is 13.7. The molecule has 3 aromatic rings. The summed E-state index contributed by atoms with van der Waals surface area (Å²) in [5.74, 6) is 2.10. The van der Waals surface area contributed by atoms with E-state index in [1.807, 2.05) is 42.5 Å². The van der Waals surface area contributed by atoms with Crippen molar-refractivity contribution in [2.24, 2.45) is 11.8 Å². The molecule has 1 amide bonds. The van der Waals surface area contributed by atoms with E-state index in [9.17, 15) is 4.79 Å². The number of hydrogen-bond donors (Lipinski definition) is 2. The lowest BCUT2D eigenvalue weighted by molar-refractivity contribution is 0.0984. The van der Waals surface area contributed by atoms with E-state index in [2.05, 4.69) is 61.5 Å². The number of rotatable bonds is 1. The van der Waals surface area contributed by atoms with Gasteiger partial charge in [0.15, 0.2) is 0 Å². The third-order valence-corrected chi connectivity index (χ3v) is 8.81. The number of nitrogens with zero attached hydrogens (tertiary/aromatic N) is 4. The molecule has 3 aromatic heterocycles. The number of hydrogen-bond acceptors (Lipinski definition) is 7. The molecule has 5 heterocycles. The Morgan fingerprint density at radius 1 is 1.10 bits per heavy atom. The fourth-order valence-electron chi connectivity index (χ4n) is 5.60. The first kappa shape index (κ1) is 27.7. The van der Waals surface area contributed by atoms with Gasteiger partial charge in [-0.2, -0.15) is 0 Å². The van der Waals surface area contributed by atoms with Crippen molar-refractivity contribution >= 4 is 41.1 Å². The third kappa shape index (κ3) is 6.02. The molecule has 2 aliphatic heterocycles. The van der Waals surface area contributed by atoms with Crippen molar-refractivity contribution in [2.75, 3.05) is 16.8 Å². The van der Waals surface area contributed by atoms with Crippen molar-refractivity contribution in [2.45, 2.75) is 76.4 Å². The number of carbonyl (C=O) groups is 1. The molecule has 5 rings (SSSR count). The predicted octanol–water partition coefficient (Wildman–Crippen LogP) is 7.06. The highest BCUT2D eigenvalue weighted by Gasteiger charge is 2.43. The van der Waals surface area contributed by atoms with E-state index in [0.29, 0.717) is 27.4 Å². The number of nitrogens with one attached hydrogen (secondary N) is 2. The van der Waals surface area contributed by atoms with Gasteiger partial charge in [-0.3, -0.25) is 14.5 Å². The van der Waals surface area contributed by atoms with Crippen LogP contribution in [0, 0.1) is 11.8 Å². The van der Waals surface area contributed by atoms with Gasteiger partial charge in [0.25, 0.3) is 5.91 Å². The van der Waals surface area contributed by atoms with E-state index in [1.54, 1.807) is 6.20 Å². The molecule has 1 saturated heterocycles. The molecular formula is C30H37ClN6OS. The van der Waals surface area contributed by atoms with Crippen molar-refractivity contribution in [3.63, 3.8) is 0 Å². The third-order valence-electron chi connectivity index (χ3n) is 7.87. The van der Waals surface area contributed by atoms with Gasteiger partial charge in [-0.1, -0.05) is 45.4 Å². The lowest BCUT2D eigenvalue weighted by Gasteiger charge is -2.34. The SMILES string of the molecule is C[C@H]1CC(c2ccc(Cl)cn2)Nc2cccc(n2)SNC(=O)c2ccc(C(C)(C)C)nc2N2C[C@@H]1CC2(C)C. The summed E-state index contributed by atoms with van der Waals surface area (Å²) in [5, 5.41) is 4.93. The number of anilines is 2. The van der Waals surface area contributed by atoms with E-state index < -0.39 is 0 Å². The van der Waals surface area contributed by atoms with Crippen LogP contribution in [0.2, 0.25) is 5.02 Å². The van der Waals surface area contributed by atoms with Crippen LogP contribution < -0.4 is 14.9 Å². The van der Waals surface area contributed by atoms with Gasteiger partial charge in [-0.05, 0) is 74.9 Å². The van der Waals surface area contributed by atoms with Crippen LogP contribution in [0.25, 0.3) is 0 Å². The zero-order valence-corrected chi connectivity index (χ0v) is 25.0. The van der Waals surface area contributed by atoms with E-state index in [0.717, 1.165) is 42.4 Å². The Hall–Kier alpha value is -2.84. The van der Waals surface area contributed by atoms with Crippen LogP contribution in [-0.4, -0.2) is 32.9 Å². The van der Waals surface area contributed by atoms with Gasteiger partial charge in [0.05, 0.1) is 22.3 Å². The first-order valence-corrected chi connectivity index (χ1v) is 14.7. The van der Waals surface area contributed by atoms with Crippen LogP contribution in [0.4, 0.5) is 11.6 Å². The minimum atomic E-state index is -0.173. The maximum absolute atomic E-state index is 13.6. The number of halogens is 1. The summed E-state index contributed by atoms with van der Waals surface area (Å²) >= 11 is 7.37. The Bertz CT molecular complexity index is 1360. The van der Waals surface area contributed by atoms with Crippen molar-refractivity contribution < 1.29 is 4.79 Å². The minimum Gasteiger partial charge on any atom is -0.362 e. The zero-order chi connectivity index (χ0) is 27.9. The summed E-state index contributed by atoms with van der Waals surface area (Å²) in [5.41, 5.74) is 2.20. The molecule has 7 nitrogen and oxygen atoms in total. The van der Waals surface area contributed by atoms with E-state index >= 15 is 0 Å². The van der Waals surface area contributed by atoms with Crippen molar-refractivity contribution in [3.05, 3.63) is 70.6 Å². The number of aromatic nitrogens is 3. The van der Waals surface area contributed by atoms with Gasteiger partial charge in [-0.15, -0.1) is 0 Å².